The Bertz CT molecular complexity index is 1070. The molecule has 1 aliphatic heterocycles. The molecule has 0 spiro atoms. The van der Waals surface area contributed by atoms with Crippen LogP contribution in [0.25, 0.3) is 11.3 Å². The summed E-state index contributed by atoms with van der Waals surface area (Å²) in [5.41, 5.74) is 3.24. The highest BCUT2D eigenvalue weighted by molar-refractivity contribution is 7.84. The Morgan fingerprint density at radius 2 is 1.90 bits per heavy atom. The molecular formula is C20H16Cl2N4O2S. The summed E-state index contributed by atoms with van der Waals surface area (Å²) < 4.78 is 16.5. The van der Waals surface area contributed by atoms with E-state index < -0.39 is 11.2 Å². The van der Waals surface area contributed by atoms with Crippen LogP contribution in [0.4, 0.5) is 11.4 Å². The standard InChI is InChI=1S/C20H16Cl2N4O2S/c21-14-3-8-19(23-12-14)17-11-15(4-7-18(17)22)25-20(27)13-1-5-16(6-2-13)26-10-9-24-29(26)28/h1-8,11-12,24H,9-10H2,(H,25,27). The summed E-state index contributed by atoms with van der Waals surface area (Å²) in [5, 5.41) is 3.92. The highest BCUT2D eigenvalue weighted by Crippen LogP contribution is 2.30. The van der Waals surface area contributed by atoms with Crippen molar-refractivity contribution in [2.24, 2.45) is 0 Å². The summed E-state index contributed by atoms with van der Waals surface area (Å²) in [5.74, 6) is -0.255. The van der Waals surface area contributed by atoms with E-state index in [-0.39, 0.29) is 5.91 Å². The van der Waals surface area contributed by atoms with Crippen LogP contribution in [0.1, 0.15) is 10.4 Å². The van der Waals surface area contributed by atoms with Gasteiger partial charge in [-0.2, -0.15) is 0 Å². The molecule has 0 radical (unpaired) electrons. The zero-order chi connectivity index (χ0) is 20.4. The molecule has 0 saturated carbocycles. The van der Waals surface area contributed by atoms with Gasteiger partial charge < -0.3 is 5.32 Å². The topological polar surface area (TPSA) is 74.3 Å². The van der Waals surface area contributed by atoms with Crippen molar-refractivity contribution in [3.05, 3.63) is 76.4 Å². The molecule has 2 heterocycles. The minimum atomic E-state index is -1.23. The highest BCUT2D eigenvalue weighted by Gasteiger charge is 2.20. The molecule has 6 nitrogen and oxygen atoms in total. The van der Waals surface area contributed by atoms with Gasteiger partial charge in [-0.25, -0.2) is 8.93 Å². The minimum absolute atomic E-state index is 0.255. The fourth-order valence-electron chi connectivity index (χ4n) is 2.94. The summed E-state index contributed by atoms with van der Waals surface area (Å²) in [6.45, 7) is 1.32. The third-order valence-corrected chi connectivity index (χ3v) is 6.18. The molecule has 0 bridgehead atoms. The van der Waals surface area contributed by atoms with Crippen molar-refractivity contribution in [1.29, 1.82) is 0 Å². The van der Waals surface area contributed by atoms with Gasteiger partial charge in [0.25, 0.3) is 5.91 Å². The number of amides is 1. The molecule has 1 aliphatic rings. The normalized spacial score (nSPS) is 16.1. The Balaban J connectivity index is 1.51. The maximum atomic E-state index is 12.6. The van der Waals surface area contributed by atoms with E-state index >= 15 is 0 Å². The number of anilines is 2. The first-order chi connectivity index (χ1) is 14.0. The number of pyridine rings is 1. The Hall–Kier alpha value is -2.45. The van der Waals surface area contributed by atoms with Crippen LogP contribution in [-0.2, 0) is 11.2 Å². The third kappa shape index (κ3) is 4.43. The van der Waals surface area contributed by atoms with Gasteiger partial charge in [0.2, 0.25) is 0 Å². The molecular weight excluding hydrogens is 431 g/mol. The molecule has 9 heteroatoms. The molecule has 148 valence electrons. The average Bonchev–Trinajstić information content (AvgIpc) is 3.16. The summed E-state index contributed by atoms with van der Waals surface area (Å²) in [7, 11) is 0. The second-order valence-corrected chi connectivity index (χ2v) is 8.37. The van der Waals surface area contributed by atoms with Gasteiger partial charge in [-0.1, -0.05) is 23.2 Å². The molecule has 29 heavy (non-hydrogen) atoms. The number of rotatable bonds is 4. The summed E-state index contributed by atoms with van der Waals surface area (Å²) in [6, 6.07) is 15.7. The van der Waals surface area contributed by atoms with Crippen LogP contribution >= 0.6 is 23.2 Å². The van der Waals surface area contributed by atoms with Crippen LogP contribution in [0, 0.1) is 0 Å². The largest absolute Gasteiger partial charge is 0.322 e. The molecule has 3 aromatic rings. The number of benzene rings is 2. The lowest BCUT2D eigenvalue weighted by molar-refractivity contribution is 0.102. The van der Waals surface area contributed by atoms with E-state index in [1.165, 1.54) is 0 Å². The highest BCUT2D eigenvalue weighted by atomic mass is 35.5. The molecule has 1 fully saturated rings. The molecule has 1 amide bonds. The number of hydrogen-bond acceptors (Lipinski definition) is 3. The molecule has 2 aromatic carbocycles. The van der Waals surface area contributed by atoms with Crippen LogP contribution < -0.4 is 14.3 Å². The van der Waals surface area contributed by atoms with Crippen molar-refractivity contribution in [3.8, 4) is 11.3 Å². The molecule has 1 unspecified atom stereocenters. The van der Waals surface area contributed by atoms with Crippen LogP contribution in [-0.4, -0.2) is 28.2 Å². The number of carbonyl (C=O) groups excluding carboxylic acids is 1. The SMILES string of the molecule is O=C(Nc1ccc(Cl)c(-c2ccc(Cl)cn2)c1)c1ccc(N2CCNS2=O)cc1. The van der Waals surface area contributed by atoms with E-state index in [0.717, 1.165) is 5.69 Å². The average molecular weight is 447 g/mol. The lowest BCUT2D eigenvalue weighted by Crippen LogP contribution is -2.22. The number of nitrogens with zero attached hydrogens (tertiary/aromatic N) is 2. The fraction of sp³-hybridized carbons (Fsp3) is 0.100. The van der Waals surface area contributed by atoms with Gasteiger partial charge in [-0.3, -0.25) is 14.1 Å². The second-order valence-electron chi connectivity index (χ2n) is 6.30. The smallest absolute Gasteiger partial charge is 0.255 e. The van der Waals surface area contributed by atoms with Gasteiger partial charge in [0.15, 0.2) is 11.2 Å². The van der Waals surface area contributed by atoms with Gasteiger partial charge in [0, 0.05) is 36.1 Å². The predicted octanol–water partition coefficient (Wildman–Crippen LogP) is 4.30. The summed E-state index contributed by atoms with van der Waals surface area (Å²) in [6.07, 6.45) is 1.54. The number of nitrogens with one attached hydrogen (secondary N) is 2. The first kappa shape index (κ1) is 19.8. The van der Waals surface area contributed by atoms with E-state index in [4.69, 9.17) is 23.2 Å². The Morgan fingerprint density at radius 3 is 2.55 bits per heavy atom. The number of hydrogen-bond donors (Lipinski definition) is 2. The predicted molar refractivity (Wildman–Crippen MR) is 118 cm³/mol. The van der Waals surface area contributed by atoms with E-state index in [0.29, 0.717) is 45.6 Å². The van der Waals surface area contributed by atoms with Crippen LogP contribution in [0.3, 0.4) is 0 Å². The zero-order valence-corrected chi connectivity index (χ0v) is 17.4. The van der Waals surface area contributed by atoms with Crippen LogP contribution in [0.2, 0.25) is 10.0 Å². The Morgan fingerprint density at radius 1 is 1.10 bits per heavy atom. The summed E-state index contributed by atoms with van der Waals surface area (Å²) in [4.78, 5) is 16.9. The van der Waals surface area contributed by atoms with Gasteiger partial charge >= 0.3 is 0 Å². The van der Waals surface area contributed by atoms with E-state index in [9.17, 15) is 9.00 Å². The van der Waals surface area contributed by atoms with Crippen molar-refractivity contribution in [1.82, 2.24) is 9.71 Å². The third-order valence-electron chi connectivity index (χ3n) is 4.39. The maximum absolute atomic E-state index is 12.6. The quantitative estimate of drug-likeness (QED) is 0.627. The zero-order valence-electron chi connectivity index (χ0n) is 15.1. The number of carbonyl (C=O) groups is 1. The van der Waals surface area contributed by atoms with Crippen LogP contribution in [0.15, 0.2) is 60.8 Å². The van der Waals surface area contributed by atoms with E-state index in [1.54, 1.807) is 65.1 Å². The molecule has 1 aromatic heterocycles. The van der Waals surface area contributed by atoms with Gasteiger partial charge in [-0.05, 0) is 54.6 Å². The second kappa shape index (κ2) is 8.51. The Labute approximate surface area is 180 Å². The van der Waals surface area contributed by atoms with E-state index in [1.807, 2.05) is 0 Å². The van der Waals surface area contributed by atoms with Gasteiger partial charge in [0.1, 0.15) is 0 Å². The fourth-order valence-corrected chi connectivity index (χ4v) is 4.26. The van der Waals surface area contributed by atoms with Crippen molar-refractivity contribution in [2.45, 2.75) is 0 Å². The first-order valence-electron chi connectivity index (χ1n) is 8.77. The number of halogens is 2. The summed E-state index contributed by atoms with van der Waals surface area (Å²) >= 11 is 11.0. The van der Waals surface area contributed by atoms with Crippen molar-refractivity contribution in [2.75, 3.05) is 22.7 Å². The van der Waals surface area contributed by atoms with Crippen molar-refractivity contribution >= 4 is 51.7 Å². The lowest BCUT2D eigenvalue weighted by atomic mass is 10.1. The van der Waals surface area contributed by atoms with Crippen LogP contribution in [0.5, 0.6) is 0 Å². The monoisotopic (exact) mass is 446 g/mol. The Kier molecular flexibility index (Phi) is 5.82. The first-order valence-corrected chi connectivity index (χ1v) is 10.6. The molecule has 1 atom stereocenters. The van der Waals surface area contributed by atoms with Crippen molar-refractivity contribution < 1.29 is 9.00 Å². The van der Waals surface area contributed by atoms with E-state index in [2.05, 4.69) is 15.0 Å². The molecule has 1 saturated heterocycles. The minimum Gasteiger partial charge on any atom is -0.322 e. The van der Waals surface area contributed by atoms with Crippen molar-refractivity contribution in [3.63, 3.8) is 0 Å². The molecule has 2 N–H and O–H groups in total. The molecule has 0 aliphatic carbocycles. The lowest BCUT2D eigenvalue weighted by Gasteiger charge is -2.15. The number of aromatic nitrogens is 1. The molecule has 4 rings (SSSR count). The maximum Gasteiger partial charge on any atom is 0.255 e. The van der Waals surface area contributed by atoms with Gasteiger partial charge in [-0.15, -0.1) is 0 Å². The van der Waals surface area contributed by atoms with Gasteiger partial charge in [0.05, 0.1) is 21.4 Å².